The van der Waals surface area contributed by atoms with Gasteiger partial charge in [0.05, 0.1) is 12.1 Å². The van der Waals surface area contributed by atoms with E-state index < -0.39 is 5.82 Å². The average molecular weight is 306 g/mol. The molecule has 1 saturated heterocycles. The fraction of sp³-hybridized carbons (Fsp3) is 0.438. The molecule has 2 N–H and O–H groups in total. The zero-order valence-corrected chi connectivity index (χ0v) is 13.1. The van der Waals surface area contributed by atoms with E-state index in [-0.39, 0.29) is 17.2 Å². The summed E-state index contributed by atoms with van der Waals surface area (Å²) in [5, 5.41) is 0. The van der Waals surface area contributed by atoms with Crippen LogP contribution < -0.4 is 5.73 Å². The lowest BCUT2D eigenvalue weighted by molar-refractivity contribution is 0.0747. The summed E-state index contributed by atoms with van der Waals surface area (Å²) in [6, 6.07) is 4.11. The number of hydrogen-bond donors (Lipinski definition) is 1. The molecule has 0 unspecified atom stereocenters. The molecule has 3 nitrogen and oxygen atoms in total. The van der Waals surface area contributed by atoms with E-state index in [1.165, 1.54) is 18.2 Å². The maximum Gasteiger partial charge on any atom is 0.255 e. The molecule has 1 fully saturated rings. The smallest absolute Gasteiger partial charge is 0.255 e. The third kappa shape index (κ3) is 3.99. The molecule has 0 saturated carbocycles. The Hall–Kier alpha value is -1.51. The lowest BCUT2D eigenvalue weighted by Crippen LogP contribution is -2.46. The molecule has 1 aliphatic heterocycles. The van der Waals surface area contributed by atoms with Gasteiger partial charge in [0.2, 0.25) is 0 Å². The minimum atomic E-state index is -0.428. The summed E-state index contributed by atoms with van der Waals surface area (Å²) in [6.45, 7) is 5.75. The average Bonchev–Trinajstić information content (AvgIpc) is 2.44. The van der Waals surface area contributed by atoms with Crippen LogP contribution in [0.3, 0.4) is 0 Å². The van der Waals surface area contributed by atoms with E-state index in [0.29, 0.717) is 24.2 Å². The van der Waals surface area contributed by atoms with Crippen LogP contribution in [-0.2, 0) is 0 Å². The van der Waals surface area contributed by atoms with Crippen LogP contribution in [0.15, 0.2) is 18.2 Å². The molecule has 0 radical (unpaired) electrons. The lowest BCUT2D eigenvalue weighted by Gasteiger charge is -2.37. The number of carbonyl (C=O) groups excluding carboxylic acids is 1. The minimum Gasteiger partial charge on any atom is -0.336 e. The molecule has 5 heteroatoms. The molecule has 0 aliphatic carbocycles. The number of thioether (sulfide) groups is 1. The van der Waals surface area contributed by atoms with Crippen molar-refractivity contribution in [3.8, 4) is 11.8 Å². The predicted molar refractivity (Wildman–Crippen MR) is 84.8 cm³/mol. The van der Waals surface area contributed by atoms with Crippen molar-refractivity contribution in [3.05, 3.63) is 35.1 Å². The molecular formula is C16H19FN2OS. The van der Waals surface area contributed by atoms with E-state index in [4.69, 9.17) is 5.73 Å². The highest BCUT2D eigenvalue weighted by Gasteiger charge is 2.31. The zero-order chi connectivity index (χ0) is 15.5. The second-order valence-electron chi connectivity index (χ2n) is 5.53. The first-order valence-corrected chi connectivity index (χ1v) is 7.83. The highest BCUT2D eigenvalue weighted by atomic mass is 32.2. The van der Waals surface area contributed by atoms with E-state index in [0.717, 1.165) is 5.75 Å². The Morgan fingerprint density at radius 2 is 2.29 bits per heavy atom. The maximum atomic E-state index is 13.5. The van der Waals surface area contributed by atoms with E-state index in [2.05, 4.69) is 25.7 Å². The lowest BCUT2D eigenvalue weighted by atomic mass is 10.0. The van der Waals surface area contributed by atoms with Crippen molar-refractivity contribution in [3.63, 3.8) is 0 Å². The highest BCUT2D eigenvalue weighted by Crippen LogP contribution is 2.30. The summed E-state index contributed by atoms with van der Waals surface area (Å²) in [5.41, 5.74) is 6.21. The van der Waals surface area contributed by atoms with Gasteiger partial charge in [-0.3, -0.25) is 4.79 Å². The van der Waals surface area contributed by atoms with E-state index in [1.807, 2.05) is 11.8 Å². The third-order valence-corrected chi connectivity index (χ3v) is 4.55. The van der Waals surface area contributed by atoms with Gasteiger partial charge in [0, 0.05) is 29.2 Å². The first-order chi connectivity index (χ1) is 9.93. The Labute approximate surface area is 129 Å². The van der Waals surface area contributed by atoms with Gasteiger partial charge in [-0.25, -0.2) is 4.39 Å². The van der Waals surface area contributed by atoms with Crippen molar-refractivity contribution in [1.82, 2.24) is 4.90 Å². The maximum absolute atomic E-state index is 13.5. The quantitative estimate of drug-likeness (QED) is 0.808. The molecule has 0 spiro atoms. The molecule has 1 aromatic carbocycles. The van der Waals surface area contributed by atoms with Crippen LogP contribution in [0.25, 0.3) is 0 Å². The van der Waals surface area contributed by atoms with Crippen LogP contribution in [-0.4, -0.2) is 40.9 Å². The second kappa shape index (κ2) is 6.50. The Kier molecular flexibility index (Phi) is 4.92. The molecule has 0 atom stereocenters. The van der Waals surface area contributed by atoms with Crippen LogP contribution in [0, 0.1) is 17.7 Å². The number of amides is 1. The molecule has 0 aromatic heterocycles. The SMILES string of the molecule is CC1(C)CN(C(=O)c2cc(F)ccc2C#CCN)CCS1. The normalized spacial score (nSPS) is 17.0. The number of rotatable bonds is 1. The van der Waals surface area contributed by atoms with Crippen LogP contribution in [0.2, 0.25) is 0 Å². The molecule has 21 heavy (non-hydrogen) atoms. The van der Waals surface area contributed by atoms with E-state index >= 15 is 0 Å². The number of halogens is 1. The van der Waals surface area contributed by atoms with Crippen molar-refractivity contribution < 1.29 is 9.18 Å². The number of nitrogens with zero attached hydrogens (tertiary/aromatic N) is 1. The van der Waals surface area contributed by atoms with Gasteiger partial charge in [0.15, 0.2) is 0 Å². The Morgan fingerprint density at radius 3 is 2.95 bits per heavy atom. The zero-order valence-electron chi connectivity index (χ0n) is 12.3. The van der Waals surface area contributed by atoms with E-state index in [1.54, 1.807) is 4.90 Å². The van der Waals surface area contributed by atoms with Crippen molar-refractivity contribution in [1.29, 1.82) is 0 Å². The minimum absolute atomic E-state index is 0.0182. The first-order valence-electron chi connectivity index (χ1n) is 6.85. The van der Waals surface area contributed by atoms with Crippen molar-refractivity contribution >= 4 is 17.7 Å². The number of carbonyl (C=O) groups is 1. The summed E-state index contributed by atoms with van der Waals surface area (Å²) >= 11 is 1.85. The standard InChI is InChI=1S/C16H19FN2OS/c1-16(2)11-19(8-9-21-16)15(20)14-10-13(17)6-5-12(14)4-3-7-18/h5-6,10H,7-9,11,18H2,1-2H3. The topological polar surface area (TPSA) is 46.3 Å². The molecule has 0 bridgehead atoms. The van der Waals surface area contributed by atoms with Gasteiger partial charge in [-0.1, -0.05) is 11.8 Å². The third-order valence-electron chi connectivity index (χ3n) is 3.25. The second-order valence-corrected chi connectivity index (χ2v) is 7.33. The van der Waals surface area contributed by atoms with Crippen LogP contribution in [0.4, 0.5) is 4.39 Å². The van der Waals surface area contributed by atoms with Crippen LogP contribution >= 0.6 is 11.8 Å². The van der Waals surface area contributed by atoms with Crippen LogP contribution in [0.5, 0.6) is 0 Å². The van der Waals surface area contributed by atoms with Gasteiger partial charge in [0.1, 0.15) is 5.82 Å². The number of hydrogen-bond acceptors (Lipinski definition) is 3. The summed E-state index contributed by atoms with van der Waals surface area (Å²) < 4.78 is 13.5. The Morgan fingerprint density at radius 1 is 1.52 bits per heavy atom. The van der Waals surface area contributed by atoms with Crippen molar-refractivity contribution in [2.75, 3.05) is 25.4 Å². The van der Waals surface area contributed by atoms with Gasteiger partial charge in [0.25, 0.3) is 5.91 Å². The van der Waals surface area contributed by atoms with Crippen molar-refractivity contribution in [2.45, 2.75) is 18.6 Å². The van der Waals surface area contributed by atoms with Gasteiger partial charge in [-0.2, -0.15) is 11.8 Å². The monoisotopic (exact) mass is 306 g/mol. The summed E-state index contributed by atoms with van der Waals surface area (Å²) in [5.74, 6) is 5.86. The van der Waals surface area contributed by atoms with Gasteiger partial charge >= 0.3 is 0 Å². The molecule has 1 heterocycles. The predicted octanol–water partition coefficient (Wildman–Crippen LogP) is 2.10. The fourth-order valence-electron chi connectivity index (χ4n) is 2.31. The summed E-state index contributed by atoms with van der Waals surface area (Å²) in [7, 11) is 0. The van der Waals surface area contributed by atoms with Crippen molar-refractivity contribution in [2.24, 2.45) is 5.73 Å². The molecule has 1 amide bonds. The summed E-state index contributed by atoms with van der Waals surface area (Å²) in [6.07, 6.45) is 0. The molecule has 1 aliphatic rings. The van der Waals surface area contributed by atoms with Gasteiger partial charge < -0.3 is 10.6 Å². The molecular weight excluding hydrogens is 287 g/mol. The molecule has 112 valence electrons. The van der Waals surface area contributed by atoms with Gasteiger partial charge in [-0.15, -0.1) is 0 Å². The largest absolute Gasteiger partial charge is 0.336 e. The Balaban J connectivity index is 2.31. The molecule has 1 aromatic rings. The highest BCUT2D eigenvalue weighted by molar-refractivity contribution is 8.00. The molecule has 2 rings (SSSR count). The van der Waals surface area contributed by atoms with Gasteiger partial charge in [-0.05, 0) is 32.0 Å². The number of benzene rings is 1. The van der Waals surface area contributed by atoms with E-state index in [9.17, 15) is 9.18 Å². The fourth-order valence-corrected chi connectivity index (χ4v) is 3.42. The summed E-state index contributed by atoms with van der Waals surface area (Å²) in [4.78, 5) is 14.5. The Bertz CT molecular complexity index is 604. The van der Waals surface area contributed by atoms with Crippen LogP contribution in [0.1, 0.15) is 29.8 Å². The first kappa shape index (κ1) is 15.9. The number of nitrogens with two attached hydrogens (primary N) is 1.